The molecule has 228 valence electrons. The zero-order valence-corrected chi connectivity index (χ0v) is 26.4. The van der Waals surface area contributed by atoms with Gasteiger partial charge in [-0.1, -0.05) is 18.2 Å². The van der Waals surface area contributed by atoms with E-state index in [4.69, 9.17) is 9.47 Å². The van der Waals surface area contributed by atoms with Crippen molar-refractivity contribution in [3.8, 4) is 11.6 Å². The Kier molecular flexibility index (Phi) is 9.70. The number of anilines is 1. The number of aromatic nitrogens is 3. The van der Waals surface area contributed by atoms with E-state index < -0.39 is 22.1 Å². The monoisotopic (exact) mass is 630 g/mol. The molecule has 43 heavy (non-hydrogen) atoms. The summed E-state index contributed by atoms with van der Waals surface area (Å²) >= 11 is 2.97. The van der Waals surface area contributed by atoms with Gasteiger partial charge < -0.3 is 14.4 Å². The zero-order chi connectivity index (χ0) is 31.4. The molecule has 2 heterocycles. The second-order valence-electron chi connectivity index (χ2n) is 11.3. The summed E-state index contributed by atoms with van der Waals surface area (Å²) in [6.07, 6.45) is -3.17. The van der Waals surface area contributed by atoms with E-state index in [1.807, 2.05) is 76.1 Å². The molecule has 0 aliphatic carbocycles. The van der Waals surface area contributed by atoms with Gasteiger partial charge in [-0.05, 0) is 77.4 Å². The van der Waals surface area contributed by atoms with Crippen molar-refractivity contribution in [1.82, 2.24) is 15.0 Å². The van der Waals surface area contributed by atoms with E-state index in [2.05, 4.69) is 15.0 Å². The Morgan fingerprint density at radius 3 is 2.33 bits per heavy atom. The van der Waals surface area contributed by atoms with Crippen LogP contribution in [0.15, 0.2) is 71.2 Å². The molecule has 0 atom stereocenters. The molecule has 0 spiro atoms. The van der Waals surface area contributed by atoms with Gasteiger partial charge >= 0.3 is 12.1 Å². The number of halogens is 3. The number of rotatable bonds is 10. The Labute approximate surface area is 257 Å². The molecule has 4 rings (SSSR count). The third kappa shape index (κ3) is 9.42. The summed E-state index contributed by atoms with van der Waals surface area (Å²) < 4.78 is 50.0. The number of nitrogens with zero attached hydrogens (tertiary/aromatic N) is 4. The van der Waals surface area contributed by atoms with Crippen LogP contribution in [0, 0.1) is 6.92 Å². The van der Waals surface area contributed by atoms with E-state index in [1.165, 1.54) is 30.2 Å². The summed E-state index contributed by atoms with van der Waals surface area (Å²) in [6.45, 7) is 12.0. The maximum absolute atomic E-state index is 13.2. The molecule has 0 aliphatic rings. The Balaban J connectivity index is 1.54. The molecule has 12 heteroatoms. The lowest BCUT2D eigenvalue weighted by atomic mass is 10.1. The molecule has 2 aromatic heterocycles. The van der Waals surface area contributed by atoms with Crippen molar-refractivity contribution in [2.75, 3.05) is 4.90 Å². The van der Waals surface area contributed by atoms with Crippen molar-refractivity contribution in [1.29, 1.82) is 0 Å². The van der Waals surface area contributed by atoms with Crippen LogP contribution in [0.1, 0.15) is 56.4 Å². The minimum Gasteiger partial charge on any atom is -0.459 e. The van der Waals surface area contributed by atoms with E-state index in [0.717, 1.165) is 33.3 Å². The van der Waals surface area contributed by atoms with Gasteiger partial charge in [0.25, 0.3) is 0 Å². The van der Waals surface area contributed by atoms with Crippen molar-refractivity contribution in [3.63, 3.8) is 0 Å². The van der Waals surface area contributed by atoms with Crippen molar-refractivity contribution in [3.05, 3.63) is 88.1 Å². The number of thiazole rings is 1. The maximum atomic E-state index is 13.2. The van der Waals surface area contributed by atoms with E-state index in [-0.39, 0.29) is 17.6 Å². The highest BCUT2D eigenvalue weighted by molar-refractivity contribution is 8.01. The summed E-state index contributed by atoms with van der Waals surface area (Å²) in [5, 5.41) is 2.90. The molecule has 0 radical (unpaired) electrons. The van der Waals surface area contributed by atoms with Crippen LogP contribution in [0.5, 0.6) is 11.6 Å². The van der Waals surface area contributed by atoms with Crippen molar-refractivity contribution in [2.24, 2.45) is 0 Å². The first-order valence-electron chi connectivity index (χ1n) is 13.4. The fourth-order valence-electron chi connectivity index (χ4n) is 3.93. The molecule has 0 fully saturated rings. The number of hydrogen-bond acceptors (Lipinski definition) is 9. The van der Waals surface area contributed by atoms with Gasteiger partial charge in [0.15, 0.2) is 0 Å². The Hall–Kier alpha value is -3.64. The third-order valence-electron chi connectivity index (χ3n) is 5.92. The summed E-state index contributed by atoms with van der Waals surface area (Å²) in [5.41, 5.74) is 0.450. The molecule has 7 nitrogen and oxygen atoms in total. The van der Waals surface area contributed by atoms with Crippen LogP contribution >= 0.6 is 23.1 Å². The van der Waals surface area contributed by atoms with Gasteiger partial charge in [-0.3, -0.25) is 4.79 Å². The normalized spacial score (nSPS) is 12.2. The van der Waals surface area contributed by atoms with Crippen LogP contribution in [0.2, 0.25) is 0 Å². The number of hydrogen-bond donors (Lipinski definition) is 0. The molecule has 0 N–H and O–H groups in total. The van der Waals surface area contributed by atoms with Crippen LogP contribution in [-0.4, -0.2) is 31.3 Å². The topological polar surface area (TPSA) is 77.4 Å². The predicted octanol–water partition coefficient (Wildman–Crippen LogP) is 8.47. The predicted molar refractivity (Wildman–Crippen MR) is 163 cm³/mol. The number of thioether (sulfide) groups is 1. The largest absolute Gasteiger partial charge is 0.459 e. The van der Waals surface area contributed by atoms with Gasteiger partial charge in [0, 0.05) is 22.9 Å². The highest BCUT2D eigenvalue weighted by Gasteiger charge is 2.34. The molecule has 0 saturated carbocycles. The first-order valence-corrected chi connectivity index (χ1v) is 15.1. The van der Waals surface area contributed by atoms with Gasteiger partial charge in [-0.25, -0.2) is 15.0 Å². The minimum atomic E-state index is -4.49. The number of aryl methyl sites for hydroxylation is 1. The maximum Gasteiger partial charge on any atom is 0.416 e. The van der Waals surface area contributed by atoms with Gasteiger partial charge in [-0.2, -0.15) is 13.2 Å². The SMILES string of the molecule is Cc1nc(CN(Cc2ccc(SC(C)(C)C(=O)OC(C)(C)C)cc2)c2cc(Oc3cccc(C(F)(F)F)c3)ncn2)cs1. The van der Waals surface area contributed by atoms with Gasteiger partial charge in [0.1, 0.15) is 28.2 Å². The fourth-order valence-corrected chi connectivity index (χ4v) is 5.52. The van der Waals surface area contributed by atoms with Crippen LogP contribution < -0.4 is 9.64 Å². The molecular formula is C31H33F3N4O3S2. The molecule has 0 saturated heterocycles. The van der Waals surface area contributed by atoms with Crippen LogP contribution in [-0.2, 0) is 28.8 Å². The van der Waals surface area contributed by atoms with Gasteiger partial charge in [0.05, 0.1) is 22.8 Å². The number of benzene rings is 2. The highest BCUT2D eigenvalue weighted by Crippen LogP contribution is 2.36. The lowest BCUT2D eigenvalue weighted by Crippen LogP contribution is -2.36. The van der Waals surface area contributed by atoms with Crippen molar-refractivity contribution in [2.45, 2.75) is 76.1 Å². The average Bonchev–Trinajstić information content (AvgIpc) is 3.32. The van der Waals surface area contributed by atoms with Gasteiger partial charge in [0.2, 0.25) is 5.88 Å². The summed E-state index contributed by atoms with van der Waals surface area (Å²) in [7, 11) is 0. The Morgan fingerprint density at radius 2 is 1.70 bits per heavy atom. The molecule has 0 amide bonds. The number of ether oxygens (including phenoxy) is 2. The summed E-state index contributed by atoms with van der Waals surface area (Å²) in [6, 6.07) is 14.1. The zero-order valence-electron chi connectivity index (χ0n) is 24.7. The van der Waals surface area contributed by atoms with Crippen LogP contribution in [0.3, 0.4) is 0 Å². The first-order chi connectivity index (χ1) is 20.1. The fraction of sp³-hybridized carbons (Fsp3) is 0.355. The molecule has 0 bridgehead atoms. The summed E-state index contributed by atoms with van der Waals surface area (Å²) in [5.74, 6) is 0.362. The van der Waals surface area contributed by atoms with Crippen LogP contribution in [0.25, 0.3) is 0 Å². The third-order valence-corrected chi connectivity index (χ3v) is 7.92. The molecule has 2 aromatic carbocycles. The highest BCUT2D eigenvalue weighted by atomic mass is 32.2. The lowest BCUT2D eigenvalue weighted by Gasteiger charge is -2.28. The van der Waals surface area contributed by atoms with E-state index in [9.17, 15) is 18.0 Å². The smallest absolute Gasteiger partial charge is 0.416 e. The van der Waals surface area contributed by atoms with E-state index in [1.54, 1.807) is 17.4 Å². The quantitative estimate of drug-likeness (QED) is 0.128. The Bertz CT molecular complexity index is 1550. The second kappa shape index (κ2) is 12.9. The first kappa shape index (κ1) is 32.3. The number of carbonyl (C=O) groups excluding carboxylic acids is 1. The molecule has 0 aliphatic heterocycles. The number of esters is 1. The van der Waals surface area contributed by atoms with E-state index >= 15 is 0 Å². The van der Waals surface area contributed by atoms with Crippen LogP contribution in [0.4, 0.5) is 19.0 Å². The Morgan fingerprint density at radius 1 is 0.977 bits per heavy atom. The number of alkyl halides is 3. The molecule has 0 unspecified atom stereocenters. The van der Waals surface area contributed by atoms with Crippen molar-refractivity contribution < 1.29 is 27.4 Å². The second-order valence-corrected chi connectivity index (χ2v) is 14.1. The minimum absolute atomic E-state index is 0.0172. The lowest BCUT2D eigenvalue weighted by molar-refractivity contribution is -0.156. The molecular weight excluding hydrogens is 597 g/mol. The van der Waals surface area contributed by atoms with Crippen molar-refractivity contribution >= 4 is 34.9 Å². The summed E-state index contributed by atoms with van der Waals surface area (Å²) in [4.78, 5) is 28.7. The standard InChI is InChI=1S/C31H33F3N4O3S2/c1-20-37-23(18-42-20)17-38(16-21-10-12-25(13-11-21)43-30(5,6)28(39)41-29(2,3)4)26-15-27(36-19-35-26)40-24-9-7-8-22(14-24)31(32,33)34/h7-15,18-19H,16-17H2,1-6H3. The van der Waals surface area contributed by atoms with Gasteiger partial charge in [-0.15, -0.1) is 23.1 Å². The van der Waals surface area contributed by atoms with E-state index in [0.29, 0.717) is 18.9 Å². The molecule has 4 aromatic rings. The number of carbonyl (C=O) groups is 1. The average molecular weight is 631 g/mol.